The largest absolute Gasteiger partial charge is 0.387 e. The molecule has 2 unspecified atom stereocenters. The Kier molecular flexibility index (Phi) is 5.11. The smallest absolute Gasteiger partial charge is 0.217 e. The van der Waals surface area contributed by atoms with E-state index in [2.05, 4.69) is 36.9 Å². The van der Waals surface area contributed by atoms with Gasteiger partial charge in [-0.15, -0.1) is 10.2 Å². The molecule has 0 radical (unpaired) electrons. The van der Waals surface area contributed by atoms with E-state index >= 15 is 0 Å². The van der Waals surface area contributed by atoms with Crippen molar-refractivity contribution in [3.8, 4) is 28.0 Å². The Morgan fingerprint density at radius 2 is 2.03 bits per heavy atom. The number of nitrogens with zero attached hydrogens (tertiary/aromatic N) is 7. The minimum atomic E-state index is 0.0442. The van der Waals surface area contributed by atoms with Gasteiger partial charge in [-0.3, -0.25) is 9.78 Å². The molecule has 1 amide bonds. The SMILES string of the molecule is CNc1cc(-c2ccc3cc(C#N)cnn23)ncc1-c1nnc(N2CC3CC(C2)C3NC(C)=O)s1. The summed E-state index contributed by atoms with van der Waals surface area (Å²) in [5.74, 6) is 0.977. The molecule has 0 aromatic carbocycles. The van der Waals surface area contributed by atoms with Crippen molar-refractivity contribution in [1.82, 2.24) is 30.1 Å². The molecule has 2 saturated heterocycles. The molecule has 3 aliphatic rings. The third kappa shape index (κ3) is 3.66. The molecule has 4 aromatic heterocycles. The highest BCUT2D eigenvalue weighted by Gasteiger charge is 2.47. The molecule has 2 atom stereocenters. The molecule has 2 aliphatic heterocycles. The van der Waals surface area contributed by atoms with E-state index in [1.54, 1.807) is 35.0 Å². The highest BCUT2D eigenvalue weighted by molar-refractivity contribution is 7.18. The molecule has 2 N–H and O–H groups in total. The Morgan fingerprint density at radius 3 is 2.77 bits per heavy atom. The lowest BCUT2D eigenvalue weighted by atomic mass is 9.66. The fourth-order valence-corrected chi connectivity index (χ4v) is 6.08. The Labute approximate surface area is 205 Å². The quantitative estimate of drug-likeness (QED) is 0.442. The molecule has 11 heteroatoms. The van der Waals surface area contributed by atoms with Crippen LogP contribution in [0.15, 0.2) is 36.7 Å². The predicted octanol–water partition coefficient (Wildman–Crippen LogP) is 2.79. The summed E-state index contributed by atoms with van der Waals surface area (Å²) >= 11 is 1.56. The Bertz CT molecular complexity index is 1470. The number of hydrogen-bond acceptors (Lipinski definition) is 9. The van der Waals surface area contributed by atoms with Crippen LogP contribution in [0.1, 0.15) is 18.9 Å². The summed E-state index contributed by atoms with van der Waals surface area (Å²) in [7, 11) is 1.87. The van der Waals surface area contributed by atoms with Crippen molar-refractivity contribution < 1.29 is 4.79 Å². The second kappa shape index (κ2) is 8.32. The van der Waals surface area contributed by atoms with Crippen molar-refractivity contribution in [2.75, 3.05) is 30.4 Å². The van der Waals surface area contributed by atoms with Crippen molar-refractivity contribution >= 4 is 33.6 Å². The summed E-state index contributed by atoms with van der Waals surface area (Å²) in [4.78, 5) is 18.4. The average molecular weight is 486 g/mol. The van der Waals surface area contributed by atoms with Crippen LogP contribution in [0.2, 0.25) is 0 Å². The third-order valence-electron chi connectivity index (χ3n) is 6.88. The van der Waals surface area contributed by atoms with Gasteiger partial charge in [-0.05, 0) is 42.5 Å². The van der Waals surface area contributed by atoms with Crippen molar-refractivity contribution in [1.29, 1.82) is 5.26 Å². The van der Waals surface area contributed by atoms with Gasteiger partial charge in [0.1, 0.15) is 6.07 Å². The predicted molar refractivity (Wildman–Crippen MR) is 133 cm³/mol. The minimum absolute atomic E-state index is 0.0442. The summed E-state index contributed by atoms with van der Waals surface area (Å²) in [5.41, 5.74) is 4.74. The average Bonchev–Trinajstić information content (AvgIpc) is 3.54. The maximum absolute atomic E-state index is 11.5. The summed E-state index contributed by atoms with van der Waals surface area (Å²) in [5, 5.41) is 30.5. The molecule has 4 aromatic rings. The van der Waals surface area contributed by atoms with E-state index < -0.39 is 0 Å². The number of nitriles is 1. The first-order chi connectivity index (χ1) is 17.0. The van der Waals surface area contributed by atoms with Crippen molar-refractivity contribution in [3.63, 3.8) is 0 Å². The molecule has 6 heterocycles. The van der Waals surface area contributed by atoms with E-state index in [0.29, 0.717) is 17.4 Å². The summed E-state index contributed by atoms with van der Waals surface area (Å²) in [6.45, 7) is 3.35. The molecule has 1 saturated carbocycles. The van der Waals surface area contributed by atoms with E-state index in [0.717, 1.165) is 57.8 Å². The molecule has 0 spiro atoms. The number of pyridine rings is 1. The molecular formula is C24H23N9OS. The van der Waals surface area contributed by atoms with E-state index in [9.17, 15) is 4.79 Å². The zero-order chi connectivity index (χ0) is 24.1. The van der Waals surface area contributed by atoms with Crippen LogP contribution in [0.5, 0.6) is 0 Å². The van der Waals surface area contributed by atoms with Crippen molar-refractivity contribution in [3.05, 3.63) is 42.2 Å². The Hall–Kier alpha value is -4.04. The lowest BCUT2D eigenvalue weighted by Crippen LogP contribution is -2.64. The second-order valence-corrected chi connectivity index (χ2v) is 10.0. The number of piperidine rings is 2. The number of amides is 1. The van der Waals surface area contributed by atoms with Crippen LogP contribution in [0.25, 0.3) is 27.5 Å². The number of aromatic nitrogens is 5. The van der Waals surface area contributed by atoms with Crippen LogP contribution in [0.3, 0.4) is 0 Å². The molecule has 35 heavy (non-hydrogen) atoms. The number of carbonyl (C=O) groups is 1. The van der Waals surface area contributed by atoms with E-state index in [-0.39, 0.29) is 11.9 Å². The monoisotopic (exact) mass is 485 g/mol. The first kappa shape index (κ1) is 21.5. The number of anilines is 2. The molecule has 3 fully saturated rings. The van der Waals surface area contributed by atoms with Crippen LogP contribution >= 0.6 is 11.3 Å². The molecule has 7 rings (SSSR count). The lowest BCUT2D eigenvalue weighted by Gasteiger charge is -2.53. The zero-order valence-electron chi connectivity index (χ0n) is 19.3. The topological polar surface area (TPSA) is 124 Å². The van der Waals surface area contributed by atoms with Crippen LogP contribution in [-0.4, -0.2) is 56.9 Å². The summed E-state index contributed by atoms with van der Waals surface area (Å²) < 4.78 is 1.78. The third-order valence-corrected chi connectivity index (χ3v) is 7.90. The fraction of sp³-hybridized carbons (Fsp3) is 0.333. The fourth-order valence-electron chi connectivity index (χ4n) is 5.19. The van der Waals surface area contributed by atoms with Gasteiger partial charge >= 0.3 is 0 Å². The van der Waals surface area contributed by atoms with Crippen LogP contribution in [0, 0.1) is 23.2 Å². The van der Waals surface area contributed by atoms with Crippen LogP contribution in [-0.2, 0) is 4.79 Å². The molecule has 2 bridgehead atoms. The van der Waals surface area contributed by atoms with E-state index in [1.165, 1.54) is 0 Å². The van der Waals surface area contributed by atoms with Crippen molar-refractivity contribution in [2.45, 2.75) is 19.4 Å². The minimum Gasteiger partial charge on any atom is -0.387 e. The van der Waals surface area contributed by atoms with Crippen LogP contribution < -0.4 is 15.5 Å². The van der Waals surface area contributed by atoms with E-state index in [1.807, 2.05) is 31.4 Å². The summed E-state index contributed by atoms with van der Waals surface area (Å²) in [6.07, 6.45) is 4.52. The van der Waals surface area contributed by atoms with Crippen LogP contribution in [0.4, 0.5) is 10.8 Å². The van der Waals surface area contributed by atoms with Gasteiger partial charge in [-0.1, -0.05) is 11.3 Å². The van der Waals surface area contributed by atoms with Gasteiger partial charge in [0.25, 0.3) is 0 Å². The Morgan fingerprint density at radius 1 is 1.20 bits per heavy atom. The number of nitrogens with one attached hydrogen (secondary N) is 2. The van der Waals surface area contributed by atoms with Gasteiger partial charge in [-0.25, -0.2) is 4.52 Å². The van der Waals surface area contributed by atoms with Gasteiger partial charge < -0.3 is 15.5 Å². The van der Waals surface area contributed by atoms with Gasteiger partial charge in [0.2, 0.25) is 11.0 Å². The Balaban J connectivity index is 1.25. The zero-order valence-corrected chi connectivity index (χ0v) is 20.1. The highest BCUT2D eigenvalue weighted by Crippen LogP contribution is 2.43. The number of hydrogen-bond donors (Lipinski definition) is 2. The summed E-state index contributed by atoms with van der Waals surface area (Å²) in [6, 6.07) is 10.1. The molecular weight excluding hydrogens is 462 g/mol. The maximum atomic E-state index is 11.5. The molecule has 1 aliphatic carbocycles. The number of carbonyl (C=O) groups excluding carboxylic acids is 1. The number of rotatable bonds is 5. The number of fused-ring (bicyclic) bond motifs is 3. The molecule has 10 nitrogen and oxygen atoms in total. The van der Waals surface area contributed by atoms with E-state index in [4.69, 9.17) is 10.2 Å². The normalized spacial score (nSPS) is 20.8. The lowest BCUT2D eigenvalue weighted by molar-refractivity contribution is -0.122. The molecule has 176 valence electrons. The van der Waals surface area contributed by atoms with Gasteiger partial charge in [-0.2, -0.15) is 10.4 Å². The van der Waals surface area contributed by atoms with Gasteiger partial charge in [0, 0.05) is 45.0 Å². The van der Waals surface area contributed by atoms with Crippen molar-refractivity contribution in [2.24, 2.45) is 11.8 Å². The first-order valence-electron chi connectivity index (χ1n) is 11.5. The van der Waals surface area contributed by atoms with Gasteiger partial charge in [0.15, 0.2) is 5.01 Å². The maximum Gasteiger partial charge on any atom is 0.217 e. The van der Waals surface area contributed by atoms with Gasteiger partial charge in [0.05, 0.1) is 34.2 Å². The standard InChI is InChI=1S/C24H23N9OS/c1-13(34)29-22-15-6-16(22)12-32(11-15)24-31-30-23(35-24)18-10-27-20(7-19(18)26-2)21-4-3-17-5-14(8-25)9-28-33(17)21/h3-5,7,9-10,15-16,22H,6,11-12H2,1-2H3,(H,26,27)(H,29,34). The second-order valence-electron chi connectivity index (χ2n) is 9.05. The highest BCUT2D eigenvalue weighted by atomic mass is 32.1. The first-order valence-corrected chi connectivity index (χ1v) is 12.3.